The van der Waals surface area contributed by atoms with Crippen molar-refractivity contribution in [1.82, 2.24) is 15.1 Å². The number of amides is 3. The lowest BCUT2D eigenvalue weighted by Gasteiger charge is -2.61. The van der Waals surface area contributed by atoms with Crippen LogP contribution in [0.25, 0.3) is 0 Å². The average molecular weight is 380 g/mol. The van der Waals surface area contributed by atoms with Crippen LogP contribution in [-0.4, -0.2) is 53.0 Å². The zero-order valence-electron chi connectivity index (χ0n) is 13.6. The average Bonchev–Trinajstić information content (AvgIpc) is 2.48. The van der Waals surface area contributed by atoms with Crippen LogP contribution in [0.1, 0.15) is 32.3 Å². The summed E-state index contributed by atoms with van der Waals surface area (Å²) in [6.45, 7) is 6.70. The fourth-order valence-corrected chi connectivity index (χ4v) is 4.04. The molecule has 0 spiro atoms. The first-order valence-corrected chi connectivity index (χ1v) is 8.77. The number of carbonyl (C=O) groups excluding carboxylic acids is 2. The number of rotatable bonds is 2. The van der Waals surface area contributed by atoms with Crippen LogP contribution in [0.3, 0.4) is 0 Å². The van der Waals surface area contributed by atoms with Crippen LogP contribution in [0.2, 0.25) is 0 Å². The number of piperidine rings is 1. The number of fused-ring (bicyclic) bond motifs is 2. The van der Waals surface area contributed by atoms with Gasteiger partial charge in [-0.25, -0.2) is 4.79 Å². The molecule has 3 amide bonds. The first kappa shape index (κ1) is 16.3. The minimum Gasteiger partial charge on any atom is -0.336 e. The predicted octanol–water partition coefficient (Wildman–Crippen LogP) is 2.57. The van der Waals surface area contributed by atoms with E-state index >= 15 is 0 Å². The molecule has 23 heavy (non-hydrogen) atoms. The summed E-state index contributed by atoms with van der Waals surface area (Å²) in [5.74, 6) is 0.410. The van der Waals surface area contributed by atoms with Crippen molar-refractivity contribution in [2.75, 3.05) is 13.1 Å². The van der Waals surface area contributed by atoms with E-state index in [2.05, 4.69) is 33.4 Å². The number of carbonyl (C=O) groups is 2. The number of nitrogens with one attached hydrogen (secondary N) is 1. The van der Waals surface area contributed by atoms with Gasteiger partial charge in [0, 0.05) is 36.4 Å². The molecule has 2 saturated heterocycles. The number of hydrogen-bond acceptors (Lipinski definition) is 2. The molecule has 2 fully saturated rings. The molecule has 1 aromatic carbocycles. The summed E-state index contributed by atoms with van der Waals surface area (Å²) >= 11 is 3.46. The van der Waals surface area contributed by atoms with Gasteiger partial charge in [0.05, 0.1) is 12.1 Å². The van der Waals surface area contributed by atoms with E-state index in [1.165, 1.54) is 5.56 Å². The second-order valence-electron chi connectivity index (χ2n) is 6.65. The maximum Gasteiger partial charge on any atom is 0.317 e. The summed E-state index contributed by atoms with van der Waals surface area (Å²) in [6, 6.07) is 8.51. The molecule has 2 aliphatic heterocycles. The molecule has 0 saturated carbocycles. The molecule has 124 valence electrons. The highest BCUT2D eigenvalue weighted by atomic mass is 79.9. The molecule has 5 nitrogen and oxygen atoms in total. The van der Waals surface area contributed by atoms with E-state index in [1.54, 1.807) is 6.92 Å². The van der Waals surface area contributed by atoms with Crippen molar-refractivity contribution in [3.63, 3.8) is 0 Å². The van der Waals surface area contributed by atoms with E-state index in [9.17, 15) is 9.59 Å². The topological polar surface area (TPSA) is 52.7 Å². The fraction of sp³-hybridized carbons (Fsp3) is 0.529. The van der Waals surface area contributed by atoms with Crippen LogP contribution in [0.5, 0.6) is 0 Å². The number of nitrogens with zero attached hydrogens (tertiary/aromatic N) is 2. The largest absolute Gasteiger partial charge is 0.336 e. The Morgan fingerprint density at radius 2 is 1.74 bits per heavy atom. The van der Waals surface area contributed by atoms with Gasteiger partial charge in [0.15, 0.2) is 0 Å². The van der Waals surface area contributed by atoms with E-state index in [0.717, 1.165) is 4.47 Å². The predicted molar refractivity (Wildman–Crippen MR) is 92.2 cm³/mol. The number of urea groups is 1. The molecule has 2 heterocycles. The number of halogens is 1. The van der Waals surface area contributed by atoms with Crippen LogP contribution < -0.4 is 5.32 Å². The van der Waals surface area contributed by atoms with Crippen molar-refractivity contribution >= 4 is 27.9 Å². The molecule has 2 aliphatic rings. The van der Waals surface area contributed by atoms with Crippen molar-refractivity contribution in [3.8, 4) is 0 Å². The summed E-state index contributed by atoms with van der Waals surface area (Å²) in [5, 5.41) is 2.94. The monoisotopic (exact) mass is 379 g/mol. The van der Waals surface area contributed by atoms with Gasteiger partial charge in [0.1, 0.15) is 0 Å². The highest BCUT2D eigenvalue weighted by Crippen LogP contribution is 2.45. The van der Waals surface area contributed by atoms with E-state index in [1.807, 2.05) is 35.8 Å². The summed E-state index contributed by atoms with van der Waals surface area (Å²) < 4.78 is 1.05. The minimum absolute atomic E-state index is 0.0348. The van der Waals surface area contributed by atoms with Gasteiger partial charge in [-0.2, -0.15) is 0 Å². The van der Waals surface area contributed by atoms with Crippen molar-refractivity contribution < 1.29 is 9.59 Å². The van der Waals surface area contributed by atoms with Crippen LogP contribution in [-0.2, 0) is 4.79 Å². The first-order valence-electron chi connectivity index (χ1n) is 7.98. The van der Waals surface area contributed by atoms with Crippen molar-refractivity contribution in [2.24, 2.45) is 0 Å². The summed E-state index contributed by atoms with van der Waals surface area (Å²) in [5.41, 5.74) is 1.24. The molecule has 3 rings (SSSR count). The maximum atomic E-state index is 12.2. The molecule has 1 aromatic rings. The second-order valence-corrected chi connectivity index (χ2v) is 7.56. The number of benzene rings is 1. The molecule has 0 aromatic heterocycles. The molecule has 3 atom stereocenters. The van der Waals surface area contributed by atoms with Crippen LogP contribution in [0.15, 0.2) is 28.7 Å². The molecule has 0 aliphatic carbocycles. The lowest BCUT2D eigenvalue weighted by molar-refractivity contribution is -0.153. The van der Waals surface area contributed by atoms with Gasteiger partial charge >= 0.3 is 6.03 Å². The SMILES string of the molecule is CC(=O)N1[C@@H]2CN(C(=O)NC(C)C)C[C@H]1C2c1ccc(Br)cc1. The molecule has 6 heteroatoms. The lowest BCUT2D eigenvalue weighted by atomic mass is 9.71. The van der Waals surface area contributed by atoms with Crippen LogP contribution >= 0.6 is 15.9 Å². The van der Waals surface area contributed by atoms with Gasteiger partial charge < -0.3 is 15.1 Å². The molecule has 0 radical (unpaired) electrons. The van der Waals surface area contributed by atoms with E-state index < -0.39 is 0 Å². The zero-order chi connectivity index (χ0) is 16.7. The van der Waals surface area contributed by atoms with Crippen LogP contribution in [0.4, 0.5) is 4.79 Å². The first-order chi connectivity index (χ1) is 10.9. The summed E-state index contributed by atoms with van der Waals surface area (Å²) in [7, 11) is 0. The molecule has 1 N–H and O–H groups in total. The Bertz CT molecular complexity index is 603. The summed E-state index contributed by atoms with van der Waals surface area (Å²) in [6.07, 6.45) is 0. The molecular weight excluding hydrogens is 358 g/mol. The molecule has 1 unspecified atom stereocenters. The Kier molecular flexibility index (Phi) is 4.36. The zero-order valence-corrected chi connectivity index (χ0v) is 15.2. The van der Waals surface area contributed by atoms with E-state index in [-0.39, 0.29) is 30.1 Å². The Hall–Kier alpha value is -1.56. The van der Waals surface area contributed by atoms with Gasteiger partial charge in [0.2, 0.25) is 5.91 Å². The highest BCUT2D eigenvalue weighted by molar-refractivity contribution is 9.10. The third kappa shape index (κ3) is 2.96. The smallest absolute Gasteiger partial charge is 0.317 e. The summed E-state index contributed by atoms with van der Waals surface area (Å²) in [4.78, 5) is 27.9. The fourth-order valence-electron chi connectivity index (χ4n) is 3.78. The Morgan fingerprint density at radius 3 is 2.22 bits per heavy atom. The highest BCUT2D eigenvalue weighted by Gasteiger charge is 2.55. The number of likely N-dealkylation sites (tertiary alicyclic amines) is 1. The second kappa shape index (κ2) is 6.15. The molecule has 2 bridgehead atoms. The van der Waals surface area contributed by atoms with Crippen LogP contribution in [0, 0.1) is 0 Å². The lowest BCUT2D eigenvalue weighted by Crippen LogP contribution is -2.75. The maximum absolute atomic E-state index is 12.2. The van der Waals surface area contributed by atoms with Gasteiger partial charge in [-0.05, 0) is 31.5 Å². The van der Waals surface area contributed by atoms with Gasteiger partial charge in [-0.15, -0.1) is 0 Å². The van der Waals surface area contributed by atoms with E-state index in [4.69, 9.17) is 0 Å². The Balaban J connectivity index is 1.78. The molecular formula is C17H22BrN3O2. The van der Waals surface area contributed by atoms with Crippen molar-refractivity contribution in [1.29, 1.82) is 0 Å². The normalized spacial score (nSPS) is 26.0. The van der Waals surface area contributed by atoms with Gasteiger partial charge in [-0.1, -0.05) is 28.1 Å². The third-order valence-electron chi connectivity index (χ3n) is 4.68. The van der Waals surface area contributed by atoms with Gasteiger partial charge in [0.25, 0.3) is 0 Å². The van der Waals surface area contributed by atoms with E-state index in [0.29, 0.717) is 19.0 Å². The van der Waals surface area contributed by atoms with Gasteiger partial charge in [-0.3, -0.25) is 4.79 Å². The number of piperazine rings is 1. The van der Waals surface area contributed by atoms with Crippen molar-refractivity contribution in [3.05, 3.63) is 34.3 Å². The third-order valence-corrected chi connectivity index (χ3v) is 5.21. The van der Waals surface area contributed by atoms with Crippen molar-refractivity contribution in [2.45, 2.75) is 44.8 Å². The standard InChI is InChI=1S/C17H22BrN3O2/c1-10(2)19-17(23)20-8-14-16(12-4-6-13(18)7-5-12)15(9-20)21(14)11(3)22/h4-7,10,14-16H,8-9H2,1-3H3,(H,19,23)/t14-,15+,16?. The number of hydrogen-bond donors (Lipinski definition) is 1. The quantitative estimate of drug-likeness (QED) is 0.858. The Labute approximate surface area is 145 Å². The minimum atomic E-state index is -0.0348. The Morgan fingerprint density at radius 1 is 1.17 bits per heavy atom.